The van der Waals surface area contributed by atoms with Crippen LogP contribution in [0.2, 0.25) is 0 Å². The van der Waals surface area contributed by atoms with Crippen molar-refractivity contribution >= 4 is 16.0 Å². The third-order valence-electron chi connectivity index (χ3n) is 2.32. The van der Waals surface area contributed by atoms with Gasteiger partial charge in [-0.25, -0.2) is 17.2 Å². The highest BCUT2D eigenvalue weighted by Gasteiger charge is 2.25. The molecular formula is C11H13F2NO4S. The number of hydrogen-bond acceptors (Lipinski definition) is 3. The molecule has 2 N–H and O–H groups in total. The molecule has 1 aromatic carbocycles. The summed E-state index contributed by atoms with van der Waals surface area (Å²) in [5.41, 5.74) is 0. The summed E-state index contributed by atoms with van der Waals surface area (Å²) in [5, 5.41) is 8.85. The van der Waals surface area contributed by atoms with Gasteiger partial charge in [0.15, 0.2) is 0 Å². The Bertz CT molecular complexity index is 554. The van der Waals surface area contributed by atoms with Crippen LogP contribution in [-0.2, 0) is 14.8 Å². The van der Waals surface area contributed by atoms with E-state index in [-0.39, 0.29) is 6.42 Å². The van der Waals surface area contributed by atoms with Gasteiger partial charge in [0.25, 0.3) is 0 Å². The number of carbonyl (C=O) groups is 1. The fourth-order valence-electron chi connectivity index (χ4n) is 1.46. The molecule has 1 aromatic rings. The molecule has 0 spiro atoms. The van der Waals surface area contributed by atoms with Crippen LogP contribution < -0.4 is 4.72 Å². The van der Waals surface area contributed by atoms with Crippen LogP contribution in [0.5, 0.6) is 0 Å². The quantitative estimate of drug-likeness (QED) is 0.832. The van der Waals surface area contributed by atoms with Gasteiger partial charge in [-0.3, -0.25) is 4.79 Å². The van der Waals surface area contributed by atoms with Crippen LogP contribution >= 0.6 is 0 Å². The summed E-state index contributed by atoms with van der Waals surface area (Å²) in [4.78, 5) is 10.2. The average Bonchev–Trinajstić information content (AvgIpc) is 2.26. The highest BCUT2D eigenvalue weighted by molar-refractivity contribution is 7.89. The van der Waals surface area contributed by atoms with Crippen molar-refractivity contribution in [2.45, 2.75) is 30.7 Å². The summed E-state index contributed by atoms with van der Waals surface area (Å²) in [6, 6.07) is 0.438. The molecule has 0 aromatic heterocycles. The van der Waals surface area contributed by atoms with Crippen LogP contribution in [0.15, 0.2) is 23.1 Å². The molecule has 0 saturated carbocycles. The number of halogens is 2. The van der Waals surface area contributed by atoms with E-state index >= 15 is 0 Å². The lowest BCUT2D eigenvalue weighted by Crippen LogP contribution is -2.40. The van der Waals surface area contributed by atoms with Gasteiger partial charge < -0.3 is 5.11 Å². The number of hydrogen-bond donors (Lipinski definition) is 2. The fourth-order valence-corrected chi connectivity index (χ4v) is 2.73. The first-order valence-corrected chi connectivity index (χ1v) is 6.96. The van der Waals surface area contributed by atoms with Crippen molar-refractivity contribution in [3.63, 3.8) is 0 Å². The minimum Gasteiger partial charge on any atom is -0.480 e. The molecule has 0 saturated heterocycles. The first-order chi connectivity index (χ1) is 8.76. The summed E-state index contributed by atoms with van der Waals surface area (Å²) in [6.45, 7) is 1.69. The SMILES string of the molecule is CCC[C@@H](NS(=O)(=O)c1cc(F)cc(F)c1)C(=O)O. The minimum atomic E-state index is -4.28. The number of aliphatic carboxylic acids is 1. The second-order valence-corrected chi connectivity index (χ2v) is 5.62. The Hall–Kier alpha value is -1.54. The van der Waals surface area contributed by atoms with E-state index in [2.05, 4.69) is 0 Å². The molecule has 0 aliphatic heterocycles. The van der Waals surface area contributed by atoms with E-state index in [4.69, 9.17) is 5.11 Å². The summed E-state index contributed by atoms with van der Waals surface area (Å²) in [7, 11) is -4.28. The Kier molecular flexibility index (Phi) is 4.96. The summed E-state index contributed by atoms with van der Waals surface area (Å²) >= 11 is 0. The zero-order valence-electron chi connectivity index (χ0n) is 10.1. The zero-order valence-corrected chi connectivity index (χ0v) is 10.9. The van der Waals surface area contributed by atoms with Crippen molar-refractivity contribution < 1.29 is 27.1 Å². The van der Waals surface area contributed by atoms with Crippen LogP contribution in [0.25, 0.3) is 0 Å². The maximum atomic E-state index is 13.0. The zero-order chi connectivity index (χ0) is 14.6. The van der Waals surface area contributed by atoms with Gasteiger partial charge in [-0.1, -0.05) is 13.3 Å². The molecule has 0 radical (unpaired) electrons. The molecule has 0 aliphatic carbocycles. The highest BCUT2D eigenvalue weighted by Crippen LogP contribution is 2.14. The van der Waals surface area contributed by atoms with Gasteiger partial charge in [0, 0.05) is 6.07 Å². The molecule has 1 atom stereocenters. The van der Waals surface area contributed by atoms with E-state index < -0.39 is 38.6 Å². The molecule has 0 aliphatic rings. The van der Waals surface area contributed by atoms with Crippen molar-refractivity contribution in [1.82, 2.24) is 4.72 Å². The smallest absolute Gasteiger partial charge is 0.321 e. The molecule has 0 bridgehead atoms. The Morgan fingerprint density at radius 1 is 1.32 bits per heavy atom. The second kappa shape index (κ2) is 6.07. The number of sulfonamides is 1. The van der Waals surface area contributed by atoms with Gasteiger partial charge in [0.1, 0.15) is 17.7 Å². The standard InChI is InChI=1S/C11H13F2NO4S/c1-2-3-10(11(15)16)14-19(17,18)9-5-7(12)4-8(13)6-9/h4-6,10,14H,2-3H2,1H3,(H,15,16)/t10-/m1/s1. The van der Waals surface area contributed by atoms with Gasteiger partial charge in [0.2, 0.25) is 10.0 Å². The van der Waals surface area contributed by atoms with Crippen molar-refractivity contribution in [2.24, 2.45) is 0 Å². The molecule has 19 heavy (non-hydrogen) atoms. The lowest BCUT2D eigenvalue weighted by atomic mass is 10.2. The number of carboxylic acid groups (broad SMARTS) is 1. The highest BCUT2D eigenvalue weighted by atomic mass is 32.2. The van der Waals surface area contributed by atoms with Gasteiger partial charge in [-0.15, -0.1) is 0 Å². The Labute approximate surface area is 109 Å². The normalized spacial score (nSPS) is 13.2. The number of nitrogens with one attached hydrogen (secondary N) is 1. The average molecular weight is 293 g/mol. The van der Waals surface area contributed by atoms with E-state index in [0.717, 1.165) is 0 Å². The van der Waals surface area contributed by atoms with Gasteiger partial charge >= 0.3 is 5.97 Å². The number of benzene rings is 1. The van der Waals surface area contributed by atoms with Crippen molar-refractivity contribution in [3.05, 3.63) is 29.8 Å². The fraction of sp³-hybridized carbons (Fsp3) is 0.364. The van der Waals surface area contributed by atoms with Crippen molar-refractivity contribution in [3.8, 4) is 0 Å². The first kappa shape index (κ1) is 15.5. The Balaban J connectivity index is 3.06. The topological polar surface area (TPSA) is 83.5 Å². The van der Waals surface area contributed by atoms with Crippen LogP contribution in [0.4, 0.5) is 8.78 Å². The Morgan fingerprint density at radius 3 is 2.26 bits per heavy atom. The van der Waals surface area contributed by atoms with Gasteiger partial charge in [0.05, 0.1) is 4.90 Å². The largest absolute Gasteiger partial charge is 0.480 e. The minimum absolute atomic E-state index is 0.0758. The number of rotatable bonds is 6. The molecule has 106 valence electrons. The summed E-state index contributed by atoms with van der Waals surface area (Å²) in [6.07, 6.45) is 0.517. The number of carboxylic acids is 1. The van der Waals surface area contributed by atoms with Crippen molar-refractivity contribution in [1.29, 1.82) is 0 Å². The molecule has 0 fully saturated rings. The maximum Gasteiger partial charge on any atom is 0.321 e. The van der Waals surface area contributed by atoms with Crippen molar-refractivity contribution in [2.75, 3.05) is 0 Å². The third-order valence-corrected chi connectivity index (χ3v) is 3.77. The van der Waals surface area contributed by atoms with E-state index in [1.54, 1.807) is 6.92 Å². The predicted octanol–water partition coefficient (Wildman–Crippen LogP) is 1.50. The summed E-state index contributed by atoms with van der Waals surface area (Å²) in [5.74, 6) is -3.45. The third kappa shape index (κ3) is 4.25. The van der Waals surface area contributed by atoms with Crippen LogP contribution in [0.1, 0.15) is 19.8 Å². The van der Waals surface area contributed by atoms with Crippen LogP contribution in [0.3, 0.4) is 0 Å². The Morgan fingerprint density at radius 2 is 1.84 bits per heavy atom. The maximum absolute atomic E-state index is 13.0. The molecule has 8 heteroatoms. The monoisotopic (exact) mass is 293 g/mol. The van der Waals surface area contributed by atoms with Gasteiger partial charge in [-0.2, -0.15) is 4.72 Å². The van der Waals surface area contributed by atoms with Crippen LogP contribution in [-0.4, -0.2) is 25.5 Å². The van der Waals surface area contributed by atoms with E-state index in [1.165, 1.54) is 0 Å². The summed E-state index contributed by atoms with van der Waals surface area (Å²) < 4.78 is 51.4. The first-order valence-electron chi connectivity index (χ1n) is 5.47. The predicted molar refractivity (Wildman–Crippen MR) is 63.0 cm³/mol. The molecule has 0 amide bonds. The second-order valence-electron chi connectivity index (χ2n) is 3.91. The molecular weight excluding hydrogens is 280 g/mol. The van der Waals surface area contributed by atoms with E-state index in [1.807, 2.05) is 4.72 Å². The lowest BCUT2D eigenvalue weighted by molar-refractivity contribution is -0.139. The van der Waals surface area contributed by atoms with E-state index in [9.17, 15) is 22.0 Å². The molecule has 0 heterocycles. The van der Waals surface area contributed by atoms with Gasteiger partial charge in [-0.05, 0) is 18.6 Å². The molecule has 0 unspecified atom stereocenters. The molecule has 5 nitrogen and oxygen atoms in total. The van der Waals surface area contributed by atoms with E-state index in [0.29, 0.717) is 24.6 Å². The van der Waals surface area contributed by atoms with Crippen LogP contribution in [0, 0.1) is 11.6 Å². The lowest BCUT2D eigenvalue weighted by Gasteiger charge is -2.14. The molecule has 1 rings (SSSR count).